The van der Waals surface area contributed by atoms with Gasteiger partial charge in [0.15, 0.2) is 6.61 Å². The van der Waals surface area contributed by atoms with Gasteiger partial charge in [-0.15, -0.1) is 0 Å². The lowest BCUT2D eigenvalue weighted by Crippen LogP contribution is -2.30. The molecule has 0 spiro atoms. The van der Waals surface area contributed by atoms with Crippen LogP contribution in [0.3, 0.4) is 0 Å². The number of nitrogens with one attached hydrogen (secondary N) is 1. The molecular formula is C13H14N2O3. The van der Waals surface area contributed by atoms with E-state index in [4.69, 9.17) is 5.26 Å². The van der Waals surface area contributed by atoms with Crippen molar-refractivity contribution < 1.29 is 14.3 Å². The third-order valence-electron chi connectivity index (χ3n) is 2.46. The van der Waals surface area contributed by atoms with Gasteiger partial charge < -0.3 is 10.1 Å². The zero-order valence-electron chi connectivity index (χ0n) is 10.3. The van der Waals surface area contributed by atoms with Crippen LogP contribution in [0.4, 0.5) is 0 Å². The van der Waals surface area contributed by atoms with Gasteiger partial charge in [-0.3, -0.25) is 9.59 Å². The molecule has 1 aromatic rings. The van der Waals surface area contributed by atoms with Crippen LogP contribution in [-0.4, -0.2) is 25.0 Å². The smallest absolute Gasteiger partial charge is 0.326 e. The third-order valence-corrected chi connectivity index (χ3v) is 2.46. The number of carbonyl (C=O) groups is 2. The fraction of sp³-hybridized carbons (Fsp3) is 0.308. The second-order valence-corrected chi connectivity index (χ2v) is 3.80. The van der Waals surface area contributed by atoms with Crippen molar-refractivity contribution in [3.63, 3.8) is 0 Å². The molecule has 1 amide bonds. The number of nitrogens with zero attached hydrogens (tertiary/aromatic N) is 1. The number of esters is 1. The molecule has 0 aliphatic carbocycles. The summed E-state index contributed by atoms with van der Waals surface area (Å²) in [5.41, 5.74) is 2.60. The highest BCUT2D eigenvalue weighted by atomic mass is 16.5. The van der Waals surface area contributed by atoms with Crippen LogP contribution in [0.15, 0.2) is 18.2 Å². The minimum absolute atomic E-state index is 0.243. The van der Waals surface area contributed by atoms with Crippen molar-refractivity contribution in [1.82, 2.24) is 5.32 Å². The minimum Gasteiger partial charge on any atom is -0.449 e. The zero-order chi connectivity index (χ0) is 13.5. The van der Waals surface area contributed by atoms with Gasteiger partial charge in [0.05, 0.1) is 0 Å². The summed E-state index contributed by atoms with van der Waals surface area (Å²) < 4.78 is 4.51. The van der Waals surface area contributed by atoms with Crippen LogP contribution in [0, 0.1) is 25.2 Å². The van der Waals surface area contributed by atoms with E-state index >= 15 is 0 Å². The van der Waals surface area contributed by atoms with Crippen molar-refractivity contribution in [1.29, 1.82) is 5.26 Å². The van der Waals surface area contributed by atoms with Gasteiger partial charge in [-0.2, -0.15) is 5.26 Å². The number of hydrogen-bond donors (Lipinski definition) is 1. The Bertz CT molecular complexity index is 503. The Balaban J connectivity index is 2.53. The van der Waals surface area contributed by atoms with Crippen molar-refractivity contribution in [3.05, 3.63) is 34.9 Å². The molecule has 1 aromatic carbocycles. The molecule has 94 valence electrons. The van der Waals surface area contributed by atoms with Gasteiger partial charge in [-0.25, -0.2) is 0 Å². The predicted molar refractivity (Wildman–Crippen MR) is 64.8 cm³/mol. The number of amides is 1. The zero-order valence-corrected chi connectivity index (χ0v) is 10.3. The molecule has 0 radical (unpaired) electrons. The van der Waals surface area contributed by atoms with Crippen LogP contribution in [0.1, 0.15) is 21.5 Å². The Morgan fingerprint density at radius 2 is 2.06 bits per heavy atom. The van der Waals surface area contributed by atoms with Gasteiger partial charge in [-0.05, 0) is 37.1 Å². The number of carbonyl (C=O) groups excluding carboxylic acids is 2. The van der Waals surface area contributed by atoms with E-state index in [0.29, 0.717) is 5.56 Å². The summed E-state index contributed by atoms with van der Waals surface area (Å²) in [5.74, 6) is -0.972. The summed E-state index contributed by atoms with van der Waals surface area (Å²) in [6.07, 6.45) is 0. The molecular weight excluding hydrogens is 232 g/mol. The summed E-state index contributed by atoms with van der Waals surface area (Å²) in [6, 6.07) is 6.97. The number of aryl methyl sites for hydroxylation is 2. The Labute approximate surface area is 105 Å². The van der Waals surface area contributed by atoms with Gasteiger partial charge in [0.1, 0.15) is 12.6 Å². The van der Waals surface area contributed by atoms with Crippen molar-refractivity contribution in [2.45, 2.75) is 13.8 Å². The first-order valence-corrected chi connectivity index (χ1v) is 5.42. The molecule has 0 aliphatic rings. The van der Waals surface area contributed by atoms with Gasteiger partial charge in [0, 0.05) is 5.56 Å². The number of ether oxygens (including phenoxy) is 1. The molecule has 1 N–H and O–H groups in total. The maximum atomic E-state index is 11.7. The van der Waals surface area contributed by atoms with Crippen LogP contribution in [0.2, 0.25) is 0 Å². The molecule has 0 heterocycles. The van der Waals surface area contributed by atoms with Gasteiger partial charge in [0.25, 0.3) is 5.91 Å². The second kappa shape index (κ2) is 6.40. The molecule has 0 saturated heterocycles. The summed E-state index contributed by atoms with van der Waals surface area (Å²) in [5, 5.41) is 10.6. The second-order valence-electron chi connectivity index (χ2n) is 3.80. The lowest BCUT2D eigenvalue weighted by Gasteiger charge is -2.06. The van der Waals surface area contributed by atoms with Crippen LogP contribution in [0.25, 0.3) is 0 Å². The average Bonchev–Trinajstić information content (AvgIpc) is 2.36. The summed E-state index contributed by atoms with van der Waals surface area (Å²) >= 11 is 0. The molecule has 0 saturated carbocycles. The van der Waals surface area contributed by atoms with Crippen LogP contribution >= 0.6 is 0 Å². The maximum absolute atomic E-state index is 11.7. The lowest BCUT2D eigenvalue weighted by atomic mass is 10.1. The van der Waals surface area contributed by atoms with Crippen molar-refractivity contribution in [2.24, 2.45) is 0 Å². The van der Waals surface area contributed by atoms with Crippen molar-refractivity contribution in [3.8, 4) is 6.07 Å². The van der Waals surface area contributed by atoms with Crippen molar-refractivity contribution in [2.75, 3.05) is 13.2 Å². The Morgan fingerprint density at radius 1 is 1.33 bits per heavy atom. The van der Waals surface area contributed by atoms with E-state index in [0.717, 1.165) is 11.1 Å². The number of hydrogen-bond acceptors (Lipinski definition) is 4. The third kappa shape index (κ3) is 3.91. The minimum atomic E-state index is -0.631. The standard InChI is InChI=1S/C13H14N2O3/c1-9-3-4-11(7-10(9)2)13(17)15-8-12(16)18-6-5-14/h3-4,7H,6,8H2,1-2H3,(H,15,17). The van der Waals surface area contributed by atoms with Crippen LogP contribution in [0.5, 0.6) is 0 Å². The molecule has 0 aromatic heterocycles. The van der Waals surface area contributed by atoms with E-state index in [1.165, 1.54) is 0 Å². The van der Waals surface area contributed by atoms with E-state index in [1.54, 1.807) is 18.2 Å². The average molecular weight is 246 g/mol. The molecule has 0 unspecified atom stereocenters. The maximum Gasteiger partial charge on any atom is 0.326 e. The van der Waals surface area contributed by atoms with Gasteiger partial charge in [-0.1, -0.05) is 6.07 Å². The Hall–Kier alpha value is -2.35. The molecule has 5 heteroatoms. The summed E-state index contributed by atoms with van der Waals surface area (Å²) in [6.45, 7) is 3.31. The van der Waals surface area contributed by atoms with E-state index < -0.39 is 5.97 Å². The number of nitriles is 1. The van der Waals surface area contributed by atoms with Crippen LogP contribution < -0.4 is 5.32 Å². The quantitative estimate of drug-likeness (QED) is 0.807. The number of rotatable bonds is 4. The van der Waals surface area contributed by atoms with E-state index in [2.05, 4.69) is 10.1 Å². The first kappa shape index (κ1) is 13.7. The molecule has 0 fully saturated rings. The first-order chi connectivity index (χ1) is 8.54. The van der Waals surface area contributed by atoms with Crippen molar-refractivity contribution >= 4 is 11.9 Å². The summed E-state index contributed by atoms with van der Waals surface area (Å²) in [7, 11) is 0. The highest BCUT2D eigenvalue weighted by Crippen LogP contribution is 2.09. The molecule has 0 atom stereocenters. The highest BCUT2D eigenvalue weighted by Gasteiger charge is 2.09. The molecule has 0 bridgehead atoms. The van der Waals surface area contributed by atoms with Gasteiger partial charge in [0.2, 0.25) is 0 Å². The SMILES string of the molecule is Cc1ccc(C(=O)NCC(=O)OCC#N)cc1C. The summed E-state index contributed by atoms with van der Waals surface area (Å²) in [4.78, 5) is 22.8. The Morgan fingerprint density at radius 3 is 2.67 bits per heavy atom. The first-order valence-electron chi connectivity index (χ1n) is 5.42. The largest absolute Gasteiger partial charge is 0.449 e. The van der Waals surface area contributed by atoms with E-state index in [9.17, 15) is 9.59 Å². The molecule has 5 nitrogen and oxygen atoms in total. The molecule has 18 heavy (non-hydrogen) atoms. The Kier molecular flexibility index (Phi) is 4.88. The normalized spacial score (nSPS) is 9.39. The highest BCUT2D eigenvalue weighted by molar-refractivity contribution is 5.96. The molecule has 0 aliphatic heterocycles. The fourth-order valence-electron chi connectivity index (χ4n) is 1.30. The van der Waals surface area contributed by atoms with E-state index in [1.807, 2.05) is 19.9 Å². The predicted octanol–water partition coefficient (Wildman–Crippen LogP) is 1.10. The topological polar surface area (TPSA) is 79.2 Å². The fourth-order valence-corrected chi connectivity index (χ4v) is 1.30. The van der Waals surface area contributed by atoms with E-state index in [-0.39, 0.29) is 19.1 Å². The lowest BCUT2D eigenvalue weighted by molar-refractivity contribution is -0.140. The van der Waals surface area contributed by atoms with Gasteiger partial charge >= 0.3 is 5.97 Å². The number of benzene rings is 1. The monoisotopic (exact) mass is 246 g/mol. The molecule has 1 rings (SSSR count). The van der Waals surface area contributed by atoms with Crippen LogP contribution in [-0.2, 0) is 9.53 Å².